The minimum absolute atomic E-state index is 0.106. The second kappa shape index (κ2) is 19.0. The van der Waals surface area contributed by atoms with Crippen molar-refractivity contribution in [2.24, 2.45) is 0 Å². The van der Waals surface area contributed by atoms with Gasteiger partial charge >= 0.3 is 25.9 Å². The molecule has 0 aliphatic carbocycles. The zero-order chi connectivity index (χ0) is 26.7. The van der Waals surface area contributed by atoms with Crippen molar-refractivity contribution in [3.8, 4) is 0 Å². The SMILES string of the molecule is CC(=O)OC[C@H](COP(=O)(O)OCCNC(=O)COCCOCCNC(=O)OC(C)C)OC(C)=O. The van der Waals surface area contributed by atoms with Gasteiger partial charge in [-0.25, -0.2) is 9.36 Å². The molecule has 16 heteroatoms. The molecule has 204 valence electrons. The van der Waals surface area contributed by atoms with Gasteiger partial charge in [0.05, 0.1) is 39.1 Å². The smallest absolute Gasteiger partial charge is 0.462 e. The number of esters is 2. The summed E-state index contributed by atoms with van der Waals surface area (Å²) in [4.78, 5) is 54.4. The van der Waals surface area contributed by atoms with Crippen molar-refractivity contribution in [1.82, 2.24) is 10.6 Å². The molecule has 0 rings (SSSR count). The number of hydrogen-bond donors (Lipinski definition) is 3. The van der Waals surface area contributed by atoms with Crippen LogP contribution in [-0.2, 0) is 51.7 Å². The van der Waals surface area contributed by atoms with Crippen LogP contribution in [0.5, 0.6) is 0 Å². The molecular formula is C19H35N2O13P. The molecule has 0 fully saturated rings. The molecule has 0 aromatic carbocycles. The second-order valence-corrected chi connectivity index (χ2v) is 8.48. The number of alkyl carbamates (subject to hydrolysis) is 1. The molecule has 0 heterocycles. The van der Waals surface area contributed by atoms with E-state index in [0.717, 1.165) is 13.8 Å². The molecule has 0 aromatic rings. The fourth-order valence-corrected chi connectivity index (χ4v) is 2.80. The average molecular weight is 530 g/mol. The maximum Gasteiger partial charge on any atom is 0.472 e. The molecule has 1 unspecified atom stereocenters. The predicted molar refractivity (Wildman–Crippen MR) is 118 cm³/mol. The van der Waals surface area contributed by atoms with Crippen LogP contribution in [0.3, 0.4) is 0 Å². The zero-order valence-electron chi connectivity index (χ0n) is 20.3. The lowest BCUT2D eigenvalue weighted by atomic mass is 10.4. The van der Waals surface area contributed by atoms with Crippen LogP contribution in [0.2, 0.25) is 0 Å². The molecule has 0 radical (unpaired) electrons. The van der Waals surface area contributed by atoms with Gasteiger partial charge in [-0.05, 0) is 13.8 Å². The Morgan fingerprint density at radius 3 is 2.11 bits per heavy atom. The number of carbonyl (C=O) groups excluding carboxylic acids is 4. The van der Waals surface area contributed by atoms with E-state index in [1.54, 1.807) is 13.8 Å². The van der Waals surface area contributed by atoms with Gasteiger partial charge in [-0.3, -0.25) is 23.4 Å². The first-order valence-corrected chi connectivity index (χ1v) is 12.2. The lowest BCUT2D eigenvalue weighted by Crippen LogP contribution is -2.31. The summed E-state index contributed by atoms with van der Waals surface area (Å²) in [5.74, 6) is -1.82. The maximum atomic E-state index is 11.9. The van der Waals surface area contributed by atoms with Crippen molar-refractivity contribution < 1.29 is 61.4 Å². The minimum Gasteiger partial charge on any atom is -0.462 e. The first kappa shape index (κ1) is 32.7. The van der Waals surface area contributed by atoms with E-state index in [-0.39, 0.29) is 58.8 Å². The molecule has 2 atom stereocenters. The topological polar surface area (TPSA) is 194 Å². The van der Waals surface area contributed by atoms with Crippen LogP contribution in [0.15, 0.2) is 0 Å². The Labute approximate surface area is 203 Å². The van der Waals surface area contributed by atoms with Crippen LogP contribution in [0.4, 0.5) is 4.79 Å². The molecule has 0 aromatic heterocycles. The summed E-state index contributed by atoms with van der Waals surface area (Å²) in [5.41, 5.74) is 0. The van der Waals surface area contributed by atoms with E-state index < -0.39 is 44.5 Å². The summed E-state index contributed by atoms with van der Waals surface area (Å²) < 4.78 is 46.0. The Balaban J connectivity index is 3.86. The normalized spacial score (nSPS) is 13.4. The fraction of sp³-hybridized carbons (Fsp3) is 0.789. The third-order valence-electron chi connectivity index (χ3n) is 3.37. The summed E-state index contributed by atoms with van der Waals surface area (Å²) in [6.45, 7) is 4.93. The number of phosphoric acid groups is 1. The maximum absolute atomic E-state index is 11.9. The van der Waals surface area contributed by atoms with Crippen LogP contribution in [0.25, 0.3) is 0 Å². The molecule has 0 bridgehead atoms. The average Bonchev–Trinajstić information content (AvgIpc) is 2.74. The number of phosphoric ester groups is 1. The molecule has 0 spiro atoms. The summed E-state index contributed by atoms with van der Waals surface area (Å²) in [7, 11) is -4.52. The number of amides is 2. The Morgan fingerprint density at radius 1 is 0.829 bits per heavy atom. The molecule has 0 aliphatic heterocycles. The van der Waals surface area contributed by atoms with Gasteiger partial charge in [-0.15, -0.1) is 0 Å². The third kappa shape index (κ3) is 21.9. The fourth-order valence-electron chi connectivity index (χ4n) is 2.04. The van der Waals surface area contributed by atoms with Crippen LogP contribution in [0.1, 0.15) is 27.7 Å². The van der Waals surface area contributed by atoms with E-state index in [4.69, 9.17) is 28.0 Å². The van der Waals surface area contributed by atoms with Crippen molar-refractivity contribution in [1.29, 1.82) is 0 Å². The number of ether oxygens (including phenoxy) is 5. The summed E-state index contributed by atoms with van der Waals surface area (Å²) in [6, 6.07) is 0. The van der Waals surface area contributed by atoms with Crippen LogP contribution < -0.4 is 10.6 Å². The zero-order valence-corrected chi connectivity index (χ0v) is 21.2. The van der Waals surface area contributed by atoms with Crippen molar-refractivity contribution in [3.05, 3.63) is 0 Å². The number of nitrogens with one attached hydrogen (secondary N) is 2. The molecule has 0 aliphatic rings. The van der Waals surface area contributed by atoms with E-state index in [1.165, 1.54) is 0 Å². The first-order chi connectivity index (χ1) is 16.4. The van der Waals surface area contributed by atoms with Crippen molar-refractivity contribution in [2.45, 2.75) is 39.9 Å². The molecule has 0 saturated carbocycles. The molecule has 35 heavy (non-hydrogen) atoms. The molecule has 2 amide bonds. The predicted octanol–water partition coefficient (Wildman–Crippen LogP) is -0.101. The Morgan fingerprint density at radius 2 is 1.49 bits per heavy atom. The Bertz CT molecular complexity index is 704. The molecule has 15 nitrogen and oxygen atoms in total. The van der Waals surface area contributed by atoms with Crippen molar-refractivity contribution in [2.75, 3.05) is 59.3 Å². The van der Waals surface area contributed by atoms with Crippen LogP contribution >= 0.6 is 7.82 Å². The molecule has 3 N–H and O–H groups in total. The number of rotatable bonds is 19. The highest BCUT2D eigenvalue weighted by Gasteiger charge is 2.25. The first-order valence-electron chi connectivity index (χ1n) is 10.7. The monoisotopic (exact) mass is 530 g/mol. The van der Waals surface area contributed by atoms with E-state index >= 15 is 0 Å². The van der Waals surface area contributed by atoms with Crippen LogP contribution in [-0.4, -0.2) is 100 Å². The number of carbonyl (C=O) groups is 4. The van der Waals surface area contributed by atoms with Crippen LogP contribution in [0, 0.1) is 0 Å². The van der Waals surface area contributed by atoms with Gasteiger partial charge in [0.25, 0.3) is 0 Å². The second-order valence-electron chi connectivity index (χ2n) is 7.03. The third-order valence-corrected chi connectivity index (χ3v) is 4.36. The lowest BCUT2D eigenvalue weighted by molar-refractivity contribution is -0.158. The molecule has 0 saturated heterocycles. The Kier molecular flexibility index (Phi) is 17.7. The summed E-state index contributed by atoms with van der Waals surface area (Å²) in [5, 5.41) is 4.92. The standard InChI is InChI=1S/C19H35N2O13P/c1-14(2)33-19(25)21-5-7-28-9-10-29-13-18(24)20-6-8-31-35(26,27)32-12-17(34-16(4)23)11-30-15(3)22/h14,17H,5-13H2,1-4H3,(H,20,24)(H,21,25)(H,26,27)/t17-/m1/s1. The largest absolute Gasteiger partial charge is 0.472 e. The lowest BCUT2D eigenvalue weighted by Gasteiger charge is -2.18. The van der Waals surface area contributed by atoms with E-state index in [9.17, 15) is 28.6 Å². The minimum atomic E-state index is -4.52. The Hall–Kier alpha value is -2.29. The summed E-state index contributed by atoms with van der Waals surface area (Å²) >= 11 is 0. The van der Waals surface area contributed by atoms with Gasteiger partial charge in [0.2, 0.25) is 5.91 Å². The number of hydrogen-bond acceptors (Lipinski definition) is 12. The quantitative estimate of drug-likeness (QED) is 0.0868. The van der Waals surface area contributed by atoms with Gasteiger partial charge in [-0.2, -0.15) is 0 Å². The van der Waals surface area contributed by atoms with Crippen molar-refractivity contribution >= 4 is 31.8 Å². The van der Waals surface area contributed by atoms with Gasteiger partial charge < -0.3 is 39.2 Å². The van der Waals surface area contributed by atoms with Gasteiger partial charge in [0, 0.05) is 26.9 Å². The molecular weight excluding hydrogens is 495 g/mol. The van der Waals surface area contributed by atoms with Gasteiger partial charge in [0.1, 0.15) is 13.2 Å². The highest BCUT2D eigenvalue weighted by Crippen LogP contribution is 2.43. The van der Waals surface area contributed by atoms with E-state index in [1.807, 2.05) is 0 Å². The van der Waals surface area contributed by atoms with E-state index in [0.29, 0.717) is 0 Å². The highest BCUT2D eigenvalue weighted by molar-refractivity contribution is 7.47. The highest BCUT2D eigenvalue weighted by atomic mass is 31.2. The van der Waals surface area contributed by atoms with E-state index in [2.05, 4.69) is 15.4 Å². The van der Waals surface area contributed by atoms with Gasteiger partial charge in [0.15, 0.2) is 6.10 Å². The summed E-state index contributed by atoms with van der Waals surface area (Å²) in [6.07, 6.45) is -1.84. The van der Waals surface area contributed by atoms with Gasteiger partial charge in [-0.1, -0.05) is 0 Å². The van der Waals surface area contributed by atoms with Crippen molar-refractivity contribution in [3.63, 3.8) is 0 Å².